The Balaban J connectivity index is 0.00000312. The minimum Gasteiger partial charge on any atom is -0.328 e. The molecule has 13 heteroatoms. The number of sulfone groups is 1. The summed E-state index contributed by atoms with van der Waals surface area (Å²) in [6, 6.07) is 1.13. The van der Waals surface area contributed by atoms with Gasteiger partial charge in [0.15, 0.2) is 0 Å². The quantitative estimate of drug-likeness (QED) is 0.741. The molecule has 25 heavy (non-hydrogen) atoms. The maximum absolute atomic E-state index is 13.6. The molecule has 2 rings (SSSR count). The predicted octanol–water partition coefficient (Wildman–Crippen LogP) is 1.65. The largest absolute Gasteiger partial charge is 0.502 e. The Morgan fingerprint density at radius 3 is 2.08 bits per heavy atom. The summed E-state index contributed by atoms with van der Waals surface area (Å²) in [5, 5.41) is 0. The molecule has 0 saturated carbocycles. The number of piperidine rings is 1. The highest BCUT2D eigenvalue weighted by molar-refractivity contribution is 7.92. The van der Waals surface area contributed by atoms with Gasteiger partial charge in [-0.15, -0.1) is 12.4 Å². The van der Waals surface area contributed by atoms with Crippen molar-refractivity contribution < 1.29 is 34.4 Å². The van der Waals surface area contributed by atoms with Crippen molar-refractivity contribution in [1.82, 2.24) is 4.31 Å². The van der Waals surface area contributed by atoms with Gasteiger partial charge in [0.2, 0.25) is 10.0 Å². The summed E-state index contributed by atoms with van der Waals surface area (Å²) in [5.74, 6) is -1.67. The molecule has 1 aromatic carbocycles. The van der Waals surface area contributed by atoms with E-state index in [9.17, 15) is 34.4 Å². The van der Waals surface area contributed by atoms with E-state index in [1.54, 1.807) is 0 Å². The van der Waals surface area contributed by atoms with Crippen LogP contribution in [0, 0.1) is 5.82 Å². The van der Waals surface area contributed by atoms with Crippen molar-refractivity contribution >= 4 is 32.3 Å². The third-order valence-corrected chi connectivity index (χ3v) is 7.03. The summed E-state index contributed by atoms with van der Waals surface area (Å²) < 4.78 is 100.0. The maximum Gasteiger partial charge on any atom is 0.502 e. The number of halogens is 5. The Morgan fingerprint density at radius 2 is 1.60 bits per heavy atom. The van der Waals surface area contributed by atoms with E-state index >= 15 is 0 Å². The van der Waals surface area contributed by atoms with Gasteiger partial charge in [-0.25, -0.2) is 21.2 Å². The van der Waals surface area contributed by atoms with Gasteiger partial charge >= 0.3 is 5.51 Å². The molecule has 6 nitrogen and oxygen atoms in total. The minimum absolute atomic E-state index is 0. The van der Waals surface area contributed by atoms with E-state index in [1.165, 1.54) is 0 Å². The molecule has 0 unspecified atom stereocenters. The van der Waals surface area contributed by atoms with E-state index in [-0.39, 0.29) is 37.6 Å². The van der Waals surface area contributed by atoms with E-state index in [2.05, 4.69) is 0 Å². The third kappa shape index (κ3) is 4.25. The fourth-order valence-electron chi connectivity index (χ4n) is 2.24. The molecule has 0 amide bonds. The van der Waals surface area contributed by atoms with Crippen LogP contribution < -0.4 is 5.73 Å². The summed E-state index contributed by atoms with van der Waals surface area (Å²) in [7, 11) is -10.3. The molecule has 0 aromatic heterocycles. The van der Waals surface area contributed by atoms with Gasteiger partial charge in [-0.3, -0.25) is 0 Å². The highest BCUT2D eigenvalue weighted by atomic mass is 35.5. The van der Waals surface area contributed by atoms with Crippen molar-refractivity contribution in [1.29, 1.82) is 0 Å². The van der Waals surface area contributed by atoms with Crippen molar-refractivity contribution in [2.75, 3.05) is 13.1 Å². The molecule has 0 atom stereocenters. The molecular weight excluding hydrogens is 412 g/mol. The van der Waals surface area contributed by atoms with Crippen LogP contribution in [0.15, 0.2) is 28.0 Å². The van der Waals surface area contributed by atoms with Crippen LogP contribution in [0.2, 0.25) is 0 Å². The number of nitrogens with two attached hydrogens (primary N) is 1. The standard InChI is InChI=1S/C12H14F4N2O4S2.ClH/c13-10-2-1-9(7-11(10)23(19,20)12(14,15)16)24(21,22)18-5-3-8(17)4-6-18;/h1-2,7-8H,3-6,17H2;1H. The van der Waals surface area contributed by atoms with Crippen LogP contribution in [0.25, 0.3) is 0 Å². The number of hydrogen-bond acceptors (Lipinski definition) is 5. The topological polar surface area (TPSA) is 97.5 Å². The van der Waals surface area contributed by atoms with Crippen molar-refractivity contribution in [3.63, 3.8) is 0 Å². The van der Waals surface area contributed by atoms with E-state index in [0.29, 0.717) is 18.9 Å². The van der Waals surface area contributed by atoms with Crippen LogP contribution in [-0.4, -0.2) is 45.8 Å². The van der Waals surface area contributed by atoms with Gasteiger partial charge in [-0.1, -0.05) is 0 Å². The molecule has 0 spiro atoms. The molecule has 1 aromatic rings. The zero-order valence-corrected chi connectivity index (χ0v) is 15.0. The first-order chi connectivity index (χ1) is 10.9. The zero-order valence-electron chi connectivity index (χ0n) is 12.5. The first-order valence-corrected chi connectivity index (χ1v) is 9.66. The first kappa shape index (κ1) is 22.1. The lowest BCUT2D eigenvalue weighted by atomic mass is 10.1. The van der Waals surface area contributed by atoms with Crippen LogP contribution in [0.3, 0.4) is 0 Å². The summed E-state index contributed by atoms with van der Waals surface area (Å²) in [6.07, 6.45) is 0.711. The second-order valence-corrected chi connectivity index (χ2v) is 9.13. The van der Waals surface area contributed by atoms with E-state index < -0.39 is 41.0 Å². The highest BCUT2D eigenvalue weighted by Crippen LogP contribution is 2.33. The monoisotopic (exact) mass is 426 g/mol. The SMILES string of the molecule is Cl.NC1CCN(S(=O)(=O)c2ccc(F)c(S(=O)(=O)C(F)(F)F)c2)CC1. The lowest BCUT2D eigenvalue weighted by Gasteiger charge is -2.29. The number of nitrogens with zero attached hydrogens (tertiary/aromatic N) is 1. The third-order valence-electron chi connectivity index (χ3n) is 3.63. The summed E-state index contributed by atoms with van der Waals surface area (Å²) >= 11 is 0. The molecule has 1 heterocycles. The summed E-state index contributed by atoms with van der Waals surface area (Å²) in [5.41, 5.74) is -0.0895. The van der Waals surface area contributed by atoms with Gasteiger partial charge in [0, 0.05) is 19.1 Å². The second kappa shape index (κ2) is 7.35. The number of benzene rings is 1. The lowest BCUT2D eigenvalue weighted by Crippen LogP contribution is -2.42. The van der Waals surface area contributed by atoms with Crippen LogP contribution >= 0.6 is 12.4 Å². The number of alkyl halides is 3. The Kier molecular flexibility index (Phi) is 6.49. The van der Waals surface area contributed by atoms with Crippen LogP contribution in [0.1, 0.15) is 12.8 Å². The number of rotatable bonds is 3. The van der Waals surface area contributed by atoms with Gasteiger partial charge < -0.3 is 5.73 Å². The van der Waals surface area contributed by atoms with Gasteiger partial charge in [0.25, 0.3) is 9.84 Å². The average Bonchev–Trinajstić information content (AvgIpc) is 2.46. The van der Waals surface area contributed by atoms with Crippen molar-refractivity contribution in [2.45, 2.75) is 34.2 Å². The lowest BCUT2D eigenvalue weighted by molar-refractivity contribution is -0.0437. The normalized spacial score (nSPS) is 18.0. The predicted molar refractivity (Wildman–Crippen MR) is 82.9 cm³/mol. The van der Waals surface area contributed by atoms with Crippen molar-refractivity contribution in [2.24, 2.45) is 5.73 Å². The molecule has 1 aliphatic heterocycles. The second-order valence-electron chi connectivity index (χ2n) is 5.28. The number of hydrogen-bond donors (Lipinski definition) is 1. The summed E-state index contributed by atoms with van der Waals surface area (Å²) in [4.78, 5) is -2.44. The van der Waals surface area contributed by atoms with Gasteiger partial charge in [0.05, 0.1) is 4.90 Å². The first-order valence-electron chi connectivity index (χ1n) is 6.74. The average molecular weight is 427 g/mol. The fourth-order valence-corrected chi connectivity index (χ4v) is 4.67. The van der Waals surface area contributed by atoms with Gasteiger partial charge in [-0.2, -0.15) is 17.5 Å². The van der Waals surface area contributed by atoms with E-state index in [0.717, 1.165) is 10.4 Å². The Labute approximate surface area is 148 Å². The Bertz CT molecular complexity index is 835. The molecule has 0 bridgehead atoms. The Hall–Kier alpha value is -0.950. The fraction of sp³-hybridized carbons (Fsp3) is 0.500. The number of sulfonamides is 1. The Morgan fingerprint density at radius 1 is 1.08 bits per heavy atom. The highest BCUT2D eigenvalue weighted by Gasteiger charge is 2.48. The molecular formula is C12H15ClF4N2O4S2. The minimum atomic E-state index is -6.01. The maximum atomic E-state index is 13.6. The van der Waals surface area contributed by atoms with Crippen LogP contribution in [0.4, 0.5) is 17.6 Å². The molecule has 0 radical (unpaired) electrons. The van der Waals surface area contributed by atoms with Gasteiger partial charge in [0.1, 0.15) is 10.7 Å². The smallest absolute Gasteiger partial charge is 0.328 e. The van der Waals surface area contributed by atoms with E-state index in [4.69, 9.17) is 5.73 Å². The van der Waals surface area contributed by atoms with Crippen LogP contribution in [-0.2, 0) is 19.9 Å². The van der Waals surface area contributed by atoms with Crippen molar-refractivity contribution in [3.05, 3.63) is 24.0 Å². The molecule has 1 fully saturated rings. The zero-order chi connectivity index (χ0) is 18.3. The molecule has 2 N–H and O–H groups in total. The summed E-state index contributed by atoms with van der Waals surface area (Å²) in [6.45, 7) is 0.0878. The van der Waals surface area contributed by atoms with E-state index in [1.807, 2.05) is 0 Å². The molecule has 144 valence electrons. The van der Waals surface area contributed by atoms with Crippen LogP contribution in [0.5, 0.6) is 0 Å². The molecule has 1 aliphatic rings. The molecule has 0 aliphatic carbocycles. The van der Waals surface area contributed by atoms with Crippen molar-refractivity contribution in [3.8, 4) is 0 Å². The molecule has 1 saturated heterocycles. The van der Waals surface area contributed by atoms with Gasteiger partial charge in [-0.05, 0) is 31.0 Å².